The molecule has 2 aromatic rings. The third-order valence-corrected chi connectivity index (χ3v) is 4.54. The molecule has 4 rings (SSSR count). The lowest BCUT2D eigenvalue weighted by Gasteiger charge is -2.15. The van der Waals surface area contributed by atoms with Crippen LogP contribution >= 0.6 is 0 Å². The standard InChI is InChI=1S/C17H17N3O3/c21-16(19-8-14-11-23-17(22)15(14)10-19)13-6-18-20(9-13)7-12-4-2-1-3-5-12/h1-6,9,14-15H,7-8,10-11H2/t14-,15-/m1/s1. The number of fused-ring (bicyclic) bond motifs is 1. The molecule has 1 aromatic carbocycles. The van der Waals surface area contributed by atoms with Gasteiger partial charge in [-0.2, -0.15) is 5.10 Å². The molecule has 0 saturated carbocycles. The monoisotopic (exact) mass is 311 g/mol. The Morgan fingerprint density at radius 3 is 2.87 bits per heavy atom. The molecule has 2 aliphatic rings. The first-order valence-electron chi connectivity index (χ1n) is 7.73. The van der Waals surface area contributed by atoms with Gasteiger partial charge in [0.05, 0.1) is 30.8 Å². The summed E-state index contributed by atoms with van der Waals surface area (Å²) < 4.78 is 6.79. The van der Waals surface area contributed by atoms with Gasteiger partial charge >= 0.3 is 5.97 Å². The number of amides is 1. The molecule has 6 nitrogen and oxygen atoms in total. The lowest BCUT2D eigenvalue weighted by atomic mass is 10.0. The number of rotatable bonds is 3. The van der Waals surface area contributed by atoms with Crippen molar-refractivity contribution in [3.8, 4) is 0 Å². The van der Waals surface area contributed by atoms with Gasteiger partial charge in [0.1, 0.15) is 0 Å². The molecule has 2 atom stereocenters. The normalized spacial score (nSPS) is 23.0. The molecule has 1 amide bonds. The van der Waals surface area contributed by atoms with E-state index in [1.54, 1.807) is 22.0 Å². The van der Waals surface area contributed by atoms with Gasteiger partial charge in [0, 0.05) is 25.2 Å². The number of carbonyl (C=O) groups is 2. The number of benzene rings is 1. The average molecular weight is 311 g/mol. The van der Waals surface area contributed by atoms with Gasteiger partial charge in [-0.1, -0.05) is 30.3 Å². The second-order valence-corrected chi connectivity index (χ2v) is 6.12. The number of ether oxygens (including phenoxy) is 1. The summed E-state index contributed by atoms with van der Waals surface area (Å²) in [6, 6.07) is 9.98. The molecule has 2 saturated heterocycles. The number of carbonyl (C=O) groups excluding carboxylic acids is 2. The number of likely N-dealkylation sites (tertiary alicyclic amines) is 1. The van der Waals surface area contributed by atoms with E-state index in [1.807, 2.05) is 30.3 Å². The van der Waals surface area contributed by atoms with Crippen LogP contribution in [-0.2, 0) is 16.1 Å². The smallest absolute Gasteiger partial charge is 0.311 e. The van der Waals surface area contributed by atoms with E-state index in [0.717, 1.165) is 5.56 Å². The molecule has 0 aliphatic carbocycles. The van der Waals surface area contributed by atoms with Gasteiger partial charge in [-0.25, -0.2) is 0 Å². The van der Waals surface area contributed by atoms with E-state index in [-0.39, 0.29) is 23.7 Å². The van der Waals surface area contributed by atoms with Crippen LogP contribution < -0.4 is 0 Å². The van der Waals surface area contributed by atoms with Crippen molar-refractivity contribution in [1.29, 1.82) is 0 Å². The van der Waals surface area contributed by atoms with Crippen molar-refractivity contribution >= 4 is 11.9 Å². The summed E-state index contributed by atoms with van der Waals surface area (Å²) in [5.41, 5.74) is 1.70. The maximum absolute atomic E-state index is 12.6. The van der Waals surface area contributed by atoms with Crippen LogP contribution in [0.15, 0.2) is 42.7 Å². The predicted molar refractivity (Wildman–Crippen MR) is 81.6 cm³/mol. The molecule has 0 N–H and O–H groups in total. The van der Waals surface area contributed by atoms with Crippen molar-refractivity contribution < 1.29 is 14.3 Å². The summed E-state index contributed by atoms with van der Waals surface area (Å²) in [6.07, 6.45) is 3.36. The fourth-order valence-corrected chi connectivity index (χ4v) is 3.28. The van der Waals surface area contributed by atoms with E-state index in [1.165, 1.54) is 0 Å². The van der Waals surface area contributed by atoms with Crippen LogP contribution in [0.2, 0.25) is 0 Å². The zero-order chi connectivity index (χ0) is 15.8. The number of esters is 1. The fraction of sp³-hybridized carbons (Fsp3) is 0.353. The van der Waals surface area contributed by atoms with Crippen LogP contribution in [-0.4, -0.2) is 46.3 Å². The molecule has 0 unspecified atom stereocenters. The number of cyclic esters (lactones) is 1. The van der Waals surface area contributed by atoms with Crippen LogP contribution in [0.3, 0.4) is 0 Å². The van der Waals surface area contributed by atoms with Crippen molar-refractivity contribution in [3.05, 3.63) is 53.9 Å². The number of nitrogens with zero attached hydrogens (tertiary/aromatic N) is 3. The zero-order valence-electron chi connectivity index (χ0n) is 12.6. The minimum atomic E-state index is -0.176. The van der Waals surface area contributed by atoms with Gasteiger partial charge < -0.3 is 9.64 Å². The van der Waals surface area contributed by atoms with E-state index in [0.29, 0.717) is 31.8 Å². The predicted octanol–water partition coefficient (Wildman–Crippen LogP) is 1.18. The van der Waals surface area contributed by atoms with Crippen molar-refractivity contribution in [2.75, 3.05) is 19.7 Å². The number of hydrogen-bond donors (Lipinski definition) is 0. The fourth-order valence-electron chi connectivity index (χ4n) is 3.28. The quantitative estimate of drug-likeness (QED) is 0.798. The van der Waals surface area contributed by atoms with Crippen molar-refractivity contribution in [2.24, 2.45) is 11.8 Å². The number of hydrogen-bond acceptors (Lipinski definition) is 4. The first-order chi connectivity index (χ1) is 11.2. The lowest BCUT2D eigenvalue weighted by molar-refractivity contribution is -0.141. The molecule has 3 heterocycles. The molecule has 2 fully saturated rings. The van der Waals surface area contributed by atoms with Crippen LogP contribution in [0.4, 0.5) is 0 Å². The Bertz CT molecular complexity index is 741. The highest BCUT2D eigenvalue weighted by Crippen LogP contribution is 2.31. The summed E-state index contributed by atoms with van der Waals surface area (Å²) in [6.45, 7) is 2.09. The highest BCUT2D eigenvalue weighted by atomic mass is 16.5. The maximum Gasteiger partial charge on any atom is 0.311 e. The summed E-state index contributed by atoms with van der Waals surface area (Å²) in [4.78, 5) is 25.9. The molecule has 0 spiro atoms. The summed E-state index contributed by atoms with van der Waals surface area (Å²) in [5, 5.41) is 4.27. The topological polar surface area (TPSA) is 64.4 Å². The van der Waals surface area contributed by atoms with E-state index < -0.39 is 0 Å². The van der Waals surface area contributed by atoms with Gasteiger partial charge in [-0.3, -0.25) is 14.3 Å². The Balaban J connectivity index is 1.45. The molecule has 1 aromatic heterocycles. The third kappa shape index (κ3) is 2.60. The minimum absolute atomic E-state index is 0.0634. The van der Waals surface area contributed by atoms with Crippen LogP contribution in [0.25, 0.3) is 0 Å². The first kappa shape index (κ1) is 14.0. The van der Waals surface area contributed by atoms with Gasteiger partial charge in [0.25, 0.3) is 5.91 Å². The van der Waals surface area contributed by atoms with Gasteiger partial charge in [0.2, 0.25) is 0 Å². The summed E-state index contributed by atoms with van der Waals surface area (Å²) >= 11 is 0. The van der Waals surface area contributed by atoms with Crippen LogP contribution in [0.5, 0.6) is 0 Å². The van der Waals surface area contributed by atoms with Crippen LogP contribution in [0, 0.1) is 11.8 Å². The molecule has 2 aliphatic heterocycles. The molecule has 23 heavy (non-hydrogen) atoms. The zero-order valence-corrected chi connectivity index (χ0v) is 12.6. The van der Waals surface area contributed by atoms with Crippen LogP contribution in [0.1, 0.15) is 15.9 Å². The first-order valence-corrected chi connectivity index (χ1v) is 7.73. The van der Waals surface area contributed by atoms with Gasteiger partial charge in [-0.05, 0) is 5.56 Å². The second kappa shape index (κ2) is 5.53. The molecular formula is C17H17N3O3. The highest BCUT2D eigenvalue weighted by Gasteiger charge is 2.45. The van der Waals surface area contributed by atoms with Gasteiger partial charge in [-0.15, -0.1) is 0 Å². The maximum atomic E-state index is 12.6. The molecule has 0 bridgehead atoms. The molecular weight excluding hydrogens is 294 g/mol. The Hall–Kier alpha value is -2.63. The Kier molecular flexibility index (Phi) is 3.37. The second-order valence-electron chi connectivity index (χ2n) is 6.12. The van der Waals surface area contributed by atoms with Gasteiger partial charge in [0.15, 0.2) is 0 Å². The van der Waals surface area contributed by atoms with E-state index in [2.05, 4.69) is 5.10 Å². The Labute approximate surface area is 133 Å². The Morgan fingerprint density at radius 1 is 1.26 bits per heavy atom. The lowest BCUT2D eigenvalue weighted by Crippen LogP contribution is -2.30. The molecule has 0 radical (unpaired) electrons. The highest BCUT2D eigenvalue weighted by molar-refractivity contribution is 5.94. The summed E-state index contributed by atoms with van der Waals surface area (Å²) in [7, 11) is 0. The van der Waals surface area contributed by atoms with E-state index >= 15 is 0 Å². The third-order valence-electron chi connectivity index (χ3n) is 4.54. The molecule has 6 heteroatoms. The summed E-state index contributed by atoms with van der Waals surface area (Å²) in [5.74, 6) is -0.249. The van der Waals surface area contributed by atoms with E-state index in [9.17, 15) is 9.59 Å². The minimum Gasteiger partial charge on any atom is -0.465 e. The van der Waals surface area contributed by atoms with E-state index in [4.69, 9.17) is 4.74 Å². The van der Waals surface area contributed by atoms with Crippen molar-refractivity contribution in [3.63, 3.8) is 0 Å². The largest absolute Gasteiger partial charge is 0.465 e. The Morgan fingerprint density at radius 2 is 2.09 bits per heavy atom. The molecule has 118 valence electrons. The van der Waals surface area contributed by atoms with Crippen molar-refractivity contribution in [1.82, 2.24) is 14.7 Å². The SMILES string of the molecule is O=C1OC[C@H]2CN(C(=O)c3cnn(Cc4ccccc4)c3)C[C@@H]12. The number of aromatic nitrogens is 2. The van der Waals surface area contributed by atoms with Crippen molar-refractivity contribution in [2.45, 2.75) is 6.54 Å². The average Bonchev–Trinajstić information content (AvgIpc) is 3.26.